The molecule has 2 aromatic rings. The number of carbonyl (C=O) groups excluding carboxylic acids is 1. The lowest BCUT2D eigenvalue weighted by atomic mass is 10.2. The standard InChI is InChI=1S/C13H13ClN2OS2/c14-7-1-2-10-9(5-7)11(15)12(19-10)13(17)16-8-3-4-18-6-8/h1-2,5,8H,3-4,6,15H2,(H,16,17). The summed E-state index contributed by atoms with van der Waals surface area (Å²) < 4.78 is 0.993. The Morgan fingerprint density at radius 3 is 3.05 bits per heavy atom. The molecular weight excluding hydrogens is 300 g/mol. The largest absolute Gasteiger partial charge is 0.397 e. The van der Waals surface area contributed by atoms with E-state index in [0.29, 0.717) is 15.6 Å². The first-order chi connectivity index (χ1) is 9.15. The lowest BCUT2D eigenvalue weighted by Gasteiger charge is -2.10. The Labute approximate surface area is 124 Å². The fourth-order valence-electron chi connectivity index (χ4n) is 2.16. The molecule has 1 aliphatic rings. The average molecular weight is 313 g/mol. The van der Waals surface area contributed by atoms with Crippen molar-refractivity contribution < 1.29 is 4.79 Å². The van der Waals surface area contributed by atoms with Crippen LogP contribution in [-0.2, 0) is 0 Å². The number of carbonyl (C=O) groups is 1. The van der Waals surface area contributed by atoms with Gasteiger partial charge in [0, 0.05) is 26.9 Å². The molecule has 1 aliphatic heterocycles. The van der Waals surface area contributed by atoms with Gasteiger partial charge in [0.1, 0.15) is 4.88 Å². The molecule has 1 saturated heterocycles. The molecule has 1 aromatic carbocycles. The smallest absolute Gasteiger partial charge is 0.263 e. The van der Waals surface area contributed by atoms with E-state index in [4.69, 9.17) is 17.3 Å². The number of fused-ring (bicyclic) bond motifs is 1. The van der Waals surface area contributed by atoms with Crippen LogP contribution in [0.4, 0.5) is 5.69 Å². The van der Waals surface area contributed by atoms with Gasteiger partial charge in [-0.1, -0.05) is 11.6 Å². The molecule has 1 atom stereocenters. The number of halogens is 1. The Morgan fingerprint density at radius 2 is 2.32 bits per heavy atom. The van der Waals surface area contributed by atoms with Crippen molar-refractivity contribution in [2.45, 2.75) is 12.5 Å². The third-order valence-electron chi connectivity index (χ3n) is 3.16. The summed E-state index contributed by atoms with van der Waals surface area (Å²) in [6.07, 6.45) is 1.03. The summed E-state index contributed by atoms with van der Waals surface area (Å²) in [4.78, 5) is 12.8. The van der Waals surface area contributed by atoms with Crippen molar-refractivity contribution in [2.75, 3.05) is 17.2 Å². The molecule has 19 heavy (non-hydrogen) atoms. The minimum atomic E-state index is -0.0673. The third-order valence-corrected chi connectivity index (χ3v) is 5.74. The van der Waals surface area contributed by atoms with Gasteiger partial charge in [0.25, 0.3) is 5.91 Å². The third kappa shape index (κ3) is 2.55. The number of hydrogen-bond donors (Lipinski definition) is 2. The molecule has 1 fully saturated rings. The highest BCUT2D eigenvalue weighted by Gasteiger charge is 2.22. The van der Waals surface area contributed by atoms with E-state index >= 15 is 0 Å². The molecule has 3 N–H and O–H groups in total. The zero-order chi connectivity index (χ0) is 13.4. The van der Waals surface area contributed by atoms with E-state index < -0.39 is 0 Å². The van der Waals surface area contributed by atoms with Crippen LogP contribution in [-0.4, -0.2) is 23.5 Å². The maximum atomic E-state index is 12.3. The van der Waals surface area contributed by atoms with Crippen molar-refractivity contribution in [3.63, 3.8) is 0 Å². The van der Waals surface area contributed by atoms with E-state index in [-0.39, 0.29) is 11.9 Å². The Kier molecular flexibility index (Phi) is 3.60. The molecule has 0 aliphatic carbocycles. The highest BCUT2D eigenvalue weighted by atomic mass is 35.5. The fourth-order valence-corrected chi connectivity index (χ4v) is 4.49. The number of amides is 1. The first-order valence-corrected chi connectivity index (χ1v) is 8.36. The van der Waals surface area contributed by atoms with Crippen LogP contribution >= 0.6 is 34.7 Å². The van der Waals surface area contributed by atoms with Crippen LogP contribution in [0, 0.1) is 0 Å². The molecule has 1 aromatic heterocycles. The fraction of sp³-hybridized carbons (Fsp3) is 0.308. The molecule has 3 nitrogen and oxygen atoms in total. The molecule has 0 spiro atoms. The maximum Gasteiger partial charge on any atom is 0.263 e. The van der Waals surface area contributed by atoms with Crippen molar-refractivity contribution >= 4 is 56.4 Å². The van der Waals surface area contributed by atoms with Gasteiger partial charge in [0.2, 0.25) is 0 Å². The predicted octanol–water partition coefficient (Wildman–Crippen LogP) is 3.37. The number of nitrogen functional groups attached to an aromatic ring is 1. The van der Waals surface area contributed by atoms with Gasteiger partial charge < -0.3 is 11.1 Å². The summed E-state index contributed by atoms with van der Waals surface area (Å²) in [7, 11) is 0. The highest BCUT2D eigenvalue weighted by molar-refractivity contribution is 7.99. The van der Waals surface area contributed by atoms with Crippen LogP contribution in [0.25, 0.3) is 10.1 Å². The van der Waals surface area contributed by atoms with Crippen LogP contribution < -0.4 is 11.1 Å². The Balaban J connectivity index is 1.91. The van der Waals surface area contributed by atoms with Crippen molar-refractivity contribution in [3.8, 4) is 0 Å². The summed E-state index contributed by atoms with van der Waals surface area (Å²) in [6.45, 7) is 0. The lowest BCUT2D eigenvalue weighted by molar-refractivity contribution is 0.0946. The van der Waals surface area contributed by atoms with Crippen molar-refractivity contribution in [2.24, 2.45) is 0 Å². The Morgan fingerprint density at radius 1 is 1.47 bits per heavy atom. The molecule has 1 unspecified atom stereocenters. The maximum absolute atomic E-state index is 12.3. The summed E-state index contributed by atoms with van der Waals surface area (Å²) in [5.74, 6) is 2.03. The zero-order valence-corrected chi connectivity index (χ0v) is 12.5. The van der Waals surface area contributed by atoms with E-state index in [2.05, 4.69) is 5.32 Å². The van der Waals surface area contributed by atoms with Gasteiger partial charge in [-0.3, -0.25) is 4.79 Å². The van der Waals surface area contributed by atoms with Crippen LogP contribution in [0.15, 0.2) is 18.2 Å². The Bertz CT molecular complexity index is 635. The summed E-state index contributed by atoms with van der Waals surface area (Å²) in [5, 5.41) is 4.55. The van der Waals surface area contributed by atoms with Gasteiger partial charge in [0.15, 0.2) is 0 Å². The van der Waals surface area contributed by atoms with Gasteiger partial charge in [-0.2, -0.15) is 11.8 Å². The first-order valence-electron chi connectivity index (χ1n) is 6.01. The van der Waals surface area contributed by atoms with E-state index in [0.717, 1.165) is 28.0 Å². The molecule has 3 rings (SSSR count). The van der Waals surface area contributed by atoms with Gasteiger partial charge >= 0.3 is 0 Å². The molecule has 0 saturated carbocycles. The lowest BCUT2D eigenvalue weighted by Crippen LogP contribution is -2.34. The number of nitrogens with two attached hydrogens (primary N) is 1. The molecule has 2 heterocycles. The van der Waals surface area contributed by atoms with Crippen LogP contribution in [0.2, 0.25) is 5.02 Å². The number of nitrogens with one attached hydrogen (secondary N) is 1. The van der Waals surface area contributed by atoms with Crippen LogP contribution in [0.3, 0.4) is 0 Å². The molecule has 0 bridgehead atoms. The summed E-state index contributed by atoms with van der Waals surface area (Å²) >= 11 is 9.25. The topological polar surface area (TPSA) is 55.1 Å². The zero-order valence-electron chi connectivity index (χ0n) is 10.1. The molecule has 100 valence electrons. The molecular formula is C13H13ClN2OS2. The quantitative estimate of drug-likeness (QED) is 0.894. The van der Waals surface area contributed by atoms with E-state index in [1.807, 2.05) is 30.0 Å². The highest BCUT2D eigenvalue weighted by Crippen LogP contribution is 2.35. The molecule has 0 radical (unpaired) electrons. The number of benzene rings is 1. The summed E-state index contributed by atoms with van der Waals surface area (Å²) in [5.41, 5.74) is 6.60. The van der Waals surface area contributed by atoms with Crippen molar-refractivity contribution in [1.82, 2.24) is 5.32 Å². The first kappa shape index (κ1) is 13.1. The minimum absolute atomic E-state index is 0.0673. The van der Waals surface area contributed by atoms with E-state index in [1.165, 1.54) is 11.3 Å². The predicted molar refractivity (Wildman–Crippen MR) is 84.4 cm³/mol. The van der Waals surface area contributed by atoms with E-state index in [1.54, 1.807) is 0 Å². The van der Waals surface area contributed by atoms with Gasteiger partial charge in [-0.15, -0.1) is 11.3 Å². The monoisotopic (exact) mass is 312 g/mol. The molecule has 6 heteroatoms. The molecule has 1 amide bonds. The number of thiophene rings is 1. The van der Waals surface area contributed by atoms with Crippen molar-refractivity contribution in [1.29, 1.82) is 0 Å². The van der Waals surface area contributed by atoms with Gasteiger partial charge in [0.05, 0.1) is 5.69 Å². The number of thioether (sulfide) groups is 1. The van der Waals surface area contributed by atoms with E-state index in [9.17, 15) is 4.79 Å². The number of rotatable bonds is 2. The van der Waals surface area contributed by atoms with Gasteiger partial charge in [-0.05, 0) is 30.4 Å². The Hall–Kier alpha value is -0.910. The normalized spacial score (nSPS) is 18.9. The van der Waals surface area contributed by atoms with Crippen molar-refractivity contribution in [3.05, 3.63) is 28.1 Å². The minimum Gasteiger partial charge on any atom is -0.397 e. The second-order valence-electron chi connectivity index (χ2n) is 4.52. The van der Waals surface area contributed by atoms with Gasteiger partial charge in [-0.25, -0.2) is 0 Å². The number of hydrogen-bond acceptors (Lipinski definition) is 4. The number of anilines is 1. The summed E-state index contributed by atoms with van der Waals surface area (Å²) in [6, 6.07) is 5.80. The van der Waals surface area contributed by atoms with Crippen LogP contribution in [0.1, 0.15) is 16.1 Å². The van der Waals surface area contributed by atoms with Crippen LogP contribution in [0.5, 0.6) is 0 Å². The second kappa shape index (κ2) is 5.23. The average Bonchev–Trinajstić information content (AvgIpc) is 2.98. The SMILES string of the molecule is Nc1c(C(=O)NC2CCSC2)sc2ccc(Cl)cc12. The second-order valence-corrected chi connectivity index (χ2v) is 7.16.